The SMILES string of the molecule is COc1ccc(C(F)(F)F)cc1NC(=O)CN1C(=O)S/C(=C\c2ccc(OCc3ccc(Cl)cc3)cc2)C1=O. The Labute approximate surface area is 230 Å². The van der Waals surface area contributed by atoms with E-state index >= 15 is 0 Å². The van der Waals surface area contributed by atoms with E-state index in [0.717, 1.165) is 22.6 Å². The molecule has 0 aliphatic carbocycles. The predicted molar refractivity (Wildman–Crippen MR) is 142 cm³/mol. The first kappa shape index (κ1) is 28.1. The number of carbonyl (C=O) groups excluding carboxylic acids is 3. The van der Waals surface area contributed by atoms with Crippen molar-refractivity contribution in [1.82, 2.24) is 4.90 Å². The van der Waals surface area contributed by atoms with Gasteiger partial charge in [0.1, 0.15) is 24.7 Å². The van der Waals surface area contributed by atoms with Gasteiger partial charge in [-0.05, 0) is 71.4 Å². The van der Waals surface area contributed by atoms with Crippen LogP contribution in [0.3, 0.4) is 0 Å². The van der Waals surface area contributed by atoms with Gasteiger partial charge in [0.25, 0.3) is 11.1 Å². The number of anilines is 1. The maximum atomic E-state index is 13.1. The number of amides is 3. The number of nitrogens with zero attached hydrogens (tertiary/aromatic N) is 1. The summed E-state index contributed by atoms with van der Waals surface area (Å²) in [6.45, 7) is -0.345. The molecule has 4 rings (SSSR count). The molecule has 0 saturated carbocycles. The highest BCUT2D eigenvalue weighted by Crippen LogP contribution is 2.36. The first-order valence-corrected chi connectivity index (χ1v) is 12.5. The minimum atomic E-state index is -4.63. The molecule has 0 aromatic heterocycles. The van der Waals surface area contributed by atoms with Gasteiger partial charge >= 0.3 is 6.18 Å². The zero-order valence-corrected chi connectivity index (χ0v) is 21.8. The summed E-state index contributed by atoms with van der Waals surface area (Å²) in [5, 5.41) is 2.23. The molecule has 3 aromatic carbocycles. The average Bonchev–Trinajstić information content (AvgIpc) is 3.15. The predicted octanol–water partition coefficient (Wildman–Crippen LogP) is 6.62. The van der Waals surface area contributed by atoms with Gasteiger partial charge in [-0.15, -0.1) is 0 Å². The van der Waals surface area contributed by atoms with Crippen LogP contribution >= 0.6 is 23.4 Å². The number of carbonyl (C=O) groups is 3. The van der Waals surface area contributed by atoms with Gasteiger partial charge in [0, 0.05) is 5.02 Å². The lowest BCUT2D eigenvalue weighted by molar-refractivity contribution is -0.137. The minimum Gasteiger partial charge on any atom is -0.495 e. The summed E-state index contributed by atoms with van der Waals surface area (Å²) < 4.78 is 49.9. The Kier molecular flexibility index (Phi) is 8.51. The largest absolute Gasteiger partial charge is 0.495 e. The van der Waals surface area contributed by atoms with Crippen LogP contribution in [0, 0.1) is 0 Å². The van der Waals surface area contributed by atoms with Crippen molar-refractivity contribution < 1.29 is 37.0 Å². The molecule has 1 aliphatic heterocycles. The molecule has 1 fully saturated rings. The number of ether oxygens (including phenoxy) is 2. The maximum Gasteiger partial charge on any atom is 0.416 e. The van der Waals surface area contributed by atoms with Crippen LogP contribution in [0.2, 0.25) is 5.02 Å². The summed E-state index contributed by atoms with van der Waals surface area (Å²) in [4.78, 5) is 38.6. The second kappa shape index (κ2) is 11.8. The van der Waals surface area contributed by atoms with Crippen LogP contribution in [0.5, 0.6) is 11.5 Å². The molecule has 39 heavy (non-hydrogen) atoms. The zero-order valence-electron chi connectivity index (χ0n) is 20.3. The van der Waals surface area contributed by atoms with Crippen LogP contribution in [0.4, 0.5) is 23.7 Å². The van der Waals surface area contributed by atoms with Gasteiger partial charge in [0.05, 0.1) is 23.3 Å². The third-order valence-corrected chi connectivity index (χ3v) is 6.63. The van der Waals surface area contributed by atoms with E-state index in [-0.39, 0.29) is 16.3 Å². The Hall–Kier alpha value is -3.96. The Morgan fingerprint density at radius 1 is 1.05 bits per heavy atom. The molecule has 0 atom stereocenters. The topological polar surface area (TPSA) is 84.9 Å². The Morgan fingerprint density at radius 3 is 2.38 bits per heavy atom. The molecule has 0 unspecified atom stereocenters. The van der Waals surface area contributed by atoms with Crippen LogP contribution < -0.4 is 14.8 Å². The number of nitrogens with one attached hydrogen (secondary N) is 1. The number of imide groups is 1. The molecule has 1 heterocycles. The van der Waals surface area contributed by atoms with Gasteiger partial charge in [-0.25, -0.2) is 0 Å². The molecule has 3 amide bonds. The van der Waals surface area contributed by atoms with Crippen molar-refractivity contribution in [3.63, 3.8) is 0 Å². The van der Waals surface area contributed by atoms with Crippen molar-refractivity contribution in [1.29, 1.82) is 0 Å². The number of hydrogen-bond donors (Lipinski definition) is 1. The lowest BCUT2D eigenvalue weighted by atomic mass is 10.1. The molecule has 3 aromatic rings. The summed E-state index contributed by atoms with van der Waals surface area (Å²) in [6.07, 6.45) is -3.13. The number of halogens is 4. The van der Waals surface area contributed by atoms with E-state index in [4.69, 9.17) is 21.1 Å². The van der Waals surface area contributed by atoms with Crippen LogP contribution in [-0.4, -0.2) is 35.6 Å². The molecule has 0 radical (unpaired) electrons. The highest BCUT2D eigenvalue weighted by Gasteiger charge is 2.37. The molecule has 1 saturated heterocycles. The Bertz CT molecular complexity index is 1430. The first-order valence-electron chi connectivity index (χ1n) is 11.3. The van der Waals surface area contributed by atoms with E-state index in [1.54, 1.807) is 36.4 Å². The van der Waals surface area contributed by atoms with Crippen LogP contribution in [0.25, 0.3) is 6.08 Å². The molecule has 12 heteroatoms. The lowest BCUT2D eigenvalue weighted by Crippen LogP contribution is -2.36. The second-order valence-corrected chi connectivity index (χ2v) is 9.64. The second-order valence-electron chi connectivity index (χ2n) is 8.21. The number of benzene rings is 3. The quantitative estimate of drug-likeness (QED) is 0.303. The molecular weight excluding hydrogens is 557 g/mol. The number of thioether (sulfide) groups is 1. The highest BCUT2D eigenvalue weighted by molar-refractivity contribution is 8.18. The monoisotopic (exact) mass is 576 g/mol. The summed E-state index contributed by atoms with van der Waals surface area (Å²) in [7, 11) is 1.23. The van der Waals surface area contributed by atoms with E-state index < -0.39 is 35.3 Å². The third-order valence-electron chi connectivity index (χ3n) is 5.47. The van der Waals surface area contributed by atoms with Crippen molar-refractivity contribution in [3.05, 3.63) is 93.3 Å². The average molecular weight is 577 g/mol. The number of alkyl halides is 3. The van der Waals surface area contributed by atoms with Gasteiger partial charge in [-0.3, -0.25) is 19.3 Å². The van der Waals surface area contributed by atoms with Crippen molar-refractivity contribution in [2.45, 2.75) is 12.8 Å². The normalized spacial score (nSPS) is 14.6. The van der Waals surface area contributed by atoms with E-state index in [9.17, 15) is 27.6 Å². The van der Waals surface area contributed by atoms with Gasteiger partial charge < -0.3 is 14.8 Å². The fourth-order valence-corrected chi connectivity index (χ4v) is 4.47. The molecule has 7 nitrogen and oxygen atoms in total. The number of rotatable bonds is 8. The first-order chi connectivity index (χ1) is 18.5. The van der Waals surface area contributed by atoms with Crippen molar-refractivity contribution in [3.8, 4) is 11.5 Å². The summed E-state index contributed by atoms with van der Waals surface area (Å²) in [5.74, 6) is -0.972. The van der Waals surface area contributed by atoms with Gasteiger partial charge in [0.15, 0.2) is 0 Å². The van der Waals surface area contributed by atoms with E-state index in [2.05, 4.69) is 5.32 Å². The van der Waals surface area contributed by atoms with E-state index in [0.29, 0.717) is 40.8 Å². The minimum absolute atomic E-state index is 0.00835. The summed E-state index contributed by atoms with van der Waals surface area (Å²) in [6, 6.07) is 16.7. The molecule has 1 N–H and O–H groups in total. The van der Waals surface area contributed by atoms with Crippen molar-refractivity contribution >= 4 is 52.2 Å². The van der Waals surface area contributed by atoms with Gasteiger partial charge in [-0.2, -0.15) is 13.2 Å². The van der Waals surface area contributed by atoms with Crippen LogP contribution in [0.15, 0.2) is 71.6 Å². The van der Waals surface area contributed by atoms with Crippen molar-refractivity contribution in [2.75, 3.05) is 19.0 Å². The number of hydrogen-bond acceptors (Lipinski definition) is 6. The Morgan fingerprint density at radius 2 is 1.74 bits per heavy atom. The summed E-state index contributed by atoms with van der Waals surface area (Å²) >= 11 is 6.53. The maximum absolute atomic E-state index is 13.1. The molecular formula is C27H20ClF3N2O5S. The van der Waals surface area contributed by atoms with Crippen LogP contribution in [0.1, 0.15) is 16.7 Å². The standard InChI is InChI=1S/C27H20ClF3N2O5S/c1-37-22-11-6-18(27(29,30)31)13-21(22)32-24(34)14-33-25(35)23(39-26(33)36)12-16-4-9-20(10-5-16)38-15-17-2-7-19(28)8-3-17/h2-13H,14-15H2,1H3,(H,32,34)/b23-12-. The fourth-order valence-electron chi connectivity index (χ4n) is 3.51. The van der Waals surface area contributed by atoms with E-state index in [1.807, 2.05) is 12.1 Å². The van der Waals surface area contributed by atoms with Gasteiger partial charge in [-0.1, -0.05) is 35.9 Å². The molecule has 0 bridgehead atoms. The fraction of sp³-hybridized carbons (Fsp3) is 0.148. The highest BCUT2D eigenvalue weighted by atomic mass is 35.5. The van der Waals surface area contributed by atoms with Gasteiger partial charge in [0.2, 0.25) is 5.91 Å². The number of methoxy groups -OCH3 is 1. The molecule has 202 valence electrons. The zero-order chi connectivity index (χ0) is 28.2. The summed E-state index contributed by atoms with van der Waals surface area (Å²) in [5.41, 5.74) is 0.331. The van der Waals surface area contributed by atoms with E-state index in [1.165, 1.54) is 13.2 Å². The smallest absolute Gasteiger partial charge is 0.416 e. The Balaban J connectivity index is 1.38. The molecule has 1 aliphatic rings. The third kappa shape index (κ3) is 7.12. The lowest BCUT2D eigenvalue weighted by Gasteiger charge is -2.16. The molecule has 0 spiro atoms. The van der Waals surface area contributed by atoms with Crippen LogP contribution in [-0.2, 0) is 22.4 Å². The van der Waals surface area contributed by atoms with Crippen molar-refractivity contribution in [2.24, 2.45) is 0 Å².